The summed E-state index contributed by atoms with van der Waals surface area (Å²) in [6.07, 6.45) is 0. The van der Waals surface area contributed by atoms with Crippen molar-refractivity contribution in [3.05, 3.63) is 33.0 Å². The summed E-state index contributed by atoms with van der Waals surface area (Å²) in [5, 5.41) is 4.56. The number of fused-ring (bicyclic) bond motifs is 1. The molecule has 0 aliphatic carbocycles. The van der Waals surface area contributed by atoms with E-state index >= 15 is 0 Å². The van der Waals surface area contributed by atoms with Crippen molar-refractivity contribution in [3.63, 3.8) is 0 Å². The minimum absolute atomic E-state index is 0.799. The topological polar surface area (TPSA) is 25.2 Å². The van der Waals surface area contributed by atoms with Crippen LogP contribution in [0.3, 0.4) is 0 Å². The van der Waals surface area contributed by atoms with E-state index in [-0.39, 0.29) is 0 Å². The number of aryl methyl sites for hydroxylation is 3. The second-order valence-corrected chi connectivity index (χ2v) is 5.23. The summed E-state index contributed by atoms with van der Waals surface area (Å²) in [5.41, 5.74) is 4.73. The maximum absolute atomic E-state index is 5.93. The van der Waals surface area contributed by atoms with Gasteiger partial charge in [-0.15, -0.1) is 0 Å². The molecule has 1 N–H and O–H groups in total. The molecule has 1 aromatic carbocycles. The van der Waals surface area contributed by atoms with E-state index in [1.54, 1.807) is 0 Å². The Labute approximate surface area is 111 Å². The van der Waals surface area contributed by atoms with E-state index in [0.717, 1.165) is 24.4 Å². The Morgan fingerprint density at radius 1 is 1.24 bits per heavy atom. The molecule has 0 unspecified atom stereocenters. The van der Waals surface area contributed by atoms with Crippen molar-refractivity contribution in [3.8, 4) is 0 Å². The molecule has 2 rings (SSSR count). The fraction of sp³-hybridized carbons (Fsp3) is 0.429. The highest BCUT2D eigenvalue weighted by atomic mass is 79.9. The molecule has 0 spiro atoms. The largest absolute Gasteiger partial charge is 0.459 e. The molecule has 3 heteroatoms. The smallest absolute Gasteiger partial charge is 0.135 e. The van der Waals surface area contributed by atoms with Gasteiger partial charge in [0.05, 0.1) is 6.54 Å². The zero-order valence-corrected chi connectivity index (χ0v) is 12.4. The van der Waals surface area contributed by atoms with Gasteiger partial charge in [-0.25, -0.2) is 0 Å². The first-order chi connectivity index (χ1) is 8.06. The van der Waals surface area contributed by atoms with Crippen LogP contribution >= 0.6 is 15.9 Å². The summed E-state index contributed by atoms with van der Waals surface area (Å²) in [7, 11) is 0. The normalized spacial score (nSPS) is 11.4. The molecule has 0 fully saturated rings. The lowest BCUT2D eigenvalue weighted by Gasteiger charge is -2.04. The first kappa shape index (κ1) is 12.7. The monoisotopic (exact) mass is 295 g/mol. The van der Waals surface area contributed by atoms with Gasteiger partial charge in [0.2, 0.25) is 0 Å². The van der Waals surface area contributed by atoms with Crippen LogP contribution in [0, 0.1) is 20.8 Å². The zero-order chi connectivity index (χ0) is 12.6. The molecule has 92 valence electrons. The number of rotatable bonds is 3. The van der Waals surface area contributed by atoms with E-state index in [4.69, 9.17) is 4.42 Å². The molecule has 0 amide bonds. The van der Waals surface area contributed by atoms with Gasteiger partial charge in [0, 0.05) is 9.86 Å². The Morgan fingerprint density at radius 3 is 2.59 bits per heavy atom. The first-order valence-corrected chi connectivity index (χ1v) is 6.74. The minimum atomic E-state index is 0.799. The maximum Gasteiger partial charge on any atom is 0.135 e. The average Bonchev–Trinajstić information content (AvgIpc) is 2.60. The van der Waals surface area contributed by atoms with Crippen LogP contribution < -0.4 is 5.32 Å². The molecule has 0 atom stereocenters. The van der Waals surface area contributed by atoms with Gasteiger partial charge in [-0.2, -0.15) is 0 Å². The second-order valence-electron chi connectivity index (χ2n) is 4.44. The van der Waals surface area contributed by atoms with E-state index in [1.807, 2.05) is 0 Å². The number of hydrogen-bond acceptors (Lipinski definition) is 2. The van der Waals surface area contributed by atoms with Gasteiger partial charge in [-0.3, -0.25) is 0 Å². The average molecular weight is 296 g/mol. The third kappa shape index (κ3) is 2.14. The van der Waals surface area contributed by atoms with E-state index in [1.165, 1.54) is 26.5 Å². The lowest BCUT2D eigenvalue weighted by Crippen LogP contribution is -2.11. The maximum atomic E-state index is 5.93. The van der Waals surface area contributed by atoms with Crippen LogP contribution in [0.4, 0.5) is 0 Å². The molecule has 0 aliphatic heterocycles. The van der Waals surface area contributed by atoms with Gasteiger partial charge in [-0.1, -0.05) is 22.9 Å². The number of nitrogens with one attached hydrogen (secondary N) is 1. The van der Waals surface area contributed by atoms with Crippen LogP contribution in [0.15, 0.2) is 15.0 Å². The van der Waals surface area contributed by atoms with Crippen molar-refractivity contribution in [2.75, 3.05) is 6.54 Å². The first-order valence-electron chi connectivity index (χ1n) is 5.94. The lowest BCUT2D eigenvalue weighted by molar-refractivity contribution is 0.516. The fourth-order valence-electron chi connectivity index (χ4n) is 2.22. The summed E-state index contributed by atoms with van der Waals surface area (Å²) in [4.78, 5) is 0. The standard InChI is InChI=1S/C14H18BrNO/c1-5-16-7-12-9(3)13-10(4)14(15)8(2)6-11(13)17-12/h6,16H,5,7H2,1-4H3. The van der Waals surface area contributed by atoms with Crippen LogP contribution in [-0.4, -0.2) is 6.54 Å². The molecular formula is C14H18BrNO. The Morgan fingerprint density at radius 2 is 1.94 bits per heavy atom. The SMILES string of the molecule is CCNCc1oc2cc(C)c(Br)c(C)c2c1C. The molecule has 0 saturated carbocycles. The summed E-state index contributed by atoms with van der Waals surface area (Å²) < 4.78 is 7.12. The molecule has 0 saturated heterocycles. The fourth-order valence-corrected chi connectivity index (χ4v) is 2.54. The van der Waals surface area contributed by atoms with Crippen LogP contribution in [0.5, 0.6) is 0 Å². The van der Waals surface area contributed by atoms with Crippen molar-refractivity contribution in [1.29, 1.82) is 0 Å². The van der Waals surface area contributed by atoms with Crippen molar-refractivity contribution in [2.45, 2.75) is 34.2 Å². The molecule has 2 nitrogen and oxygen atoms in total. The van der Waals surface area contributed by atoms with Gasteiger partial charge in [0.15, 0.2) is 0 Å². The highest BCUT2D eigenvalue weighted by molar-refractivity contribution is 9.10. The molecule has 0 radical (unpaired) electrons. The molecule has 2 aromatic rings. The summed E-state index contributed by atoms with van der Waals surface area (Å²) in [6.45, 7) is 10.2. The number of hydrogen-bond donors (Lipinski definition) is 1. The van der Waals surface area contributed by atoms with Gasteiger partial charge in [-0.05, 0) is 50.1 Å². The second kappa shape index (κ2) is 4.83. The van der Waals surface area contributed by atoms with Gasteiger partial charge >= 0.3 is 0 Å². The van der Waals surface area contributed by atoms with Crippen LogP contribution in [-0.2, 0) is 6.54 Å². The Kier molecular flexibility index (Phi) is 3.59. The highest BCUT2D eigenvalue weighted by Gasteiger charge is 2.15. The van der Waals surface area contributed by atoms with E-state index in [9.17, 15) is 0 Å². The molecule has 0 bridgehead atoms. The zero-order valence-electron chi connectivity index (χ0n) is 10.8. The number of benzene rings is 1. The van der Waals surface area contributed by atoms with E-state index < -0.39 is 0 Å². The molecular weight excluding hydrogens is 278 g/mol. The number of halogens is 1. The summed E-state index contributed by atoms with van der Waals surface area (Å²) in [6, 6.07) is 2.11. The summed E-state index contributed by atoms with van der Waals surface area (Å²) >= 11 is 3.64. The Balaban J connectivity index is 2.61. The van der Waals surface area contributed by atoms with Crippen LogP contribution in [0.25, 0.3) is 11.0 Å². The lowest BCUT2D eigenvalue weighted by atomic mass is 10.0. The Bertz CT molecular complexity index is 557. The Hall–Kier alpha value is -0.800. The van der Waals surface area contributed by atoms with Crippen molar-refractivity contribution < 1.29 is 4.42 Å². The van der Waals surface area contributed by atoms with Crippen LogP contribution in [0.1, 0.15) is 29.4 Å². The van der Waals surface area contributed by atoms with Crippen molar-refractivity contribution >= 4 is 26.9 Å². The highest BCUT2D eigenvalue weighted by Crippen LogP contribution is 2.34. The quantitative estimate of drug-likeness (QED) is 0.917. The third-order valence-electron chi connectivity index (χ3n) is 3.21. The molecule has 17 heavy (non-hydrogen) atoms. The molecule has 1 heterocycles. The minimum Gasteiger partial charge on any atom is -0.459 e. The summed E-state index contributed by atoms with van der Waals surface area (Å²) in [5.74, 6) is 1.04. The predicted molar refractivity (Wildman–Crippen MR) is 75.5 cm³/mol. The molecule has 1 aromatic heterocycles. The van der Waals surface area contributed by atoms with Gasteiger partial charge < -0.3 is 9.73 Å². The number of furan rings is 1. The van der Waals surface area contributed by atoms with Gasteiger partial charge in [0.1, 0.15) is 11.3 Å². The van der Waals surface area contributed by atoms with Crippen LogP contribution in [0.2, 0.25) is 0 Å². The molecule has 0 aliphatic rings. The van der Waals surface area contributed by atoms with Crippen molar-refractivity contribution in [1.82, 2.24) is 5.32 Å². The predicted octanol–water partition coefficient (Wildman–Crippen LogP) is 4.23. The van der Waals surface area contributed by atoms with Gasteiger partial charge in [0.25, 0.3) is 0 Å². The van der Waals surface area contributed by atoms with Crippen molar-refractivity contribution in [2.24, 2.45) is 0 Å². The van der Waals surface area contributed by atoms with E-state index in [2.05, 4.69) is 55.0 Å². The van der Waals surface area contributed by atoms with E-state index in [0.29, 0.717) is 0 Å². The third-order valence-corrected chi connectivity index (χ3v) is 4.43.